The molecule has 2 aromatic carbocycles. The van der Waals surface area contributed by atoms with Crippen LogP contribution in [-0.2, 0) is 16.1 Å². The van der Waals surface area contributed by atoms with Crippen LogP contribution >= 0.6 is 0 Å². The molecule has 0 saturated carbocycles. The van der Waals surface area contributed by atoms with Gasteiger partial charge in [-0.2, -0.15) is 5.10 Å². The lowest BCUT2D eigenvalue weighted by Gasteiger charge is -2.07. The monoisotopic (exact) mass is 399 g/mol. The van der Waals surface area contributed by atoms with E-state index in [0.29, 0.717) is 17.9 Å². The first-order valence-electron chi connectivity index (χ1n) is 8.69. The predicted octanol–water partition coefficient (Wildman–Crippen LogP) is 1.56. The number of nitrogens with zero attached hydrogens (tertiary/aromatic N) is 1. The maximum Gasteiger partial charge on any atom is 0.339 e. The largest absolute Gasteiger partial charge is 0.497 e. The zero-order valence-corrected chi connectivity index (χ0v) is 16.0. The molecule has 0 fully saturated rings. The molecule has 9 nitrogen and oxygen atoms in total. The van der Waals surface area contributed by atoms with Crippen LogP contribution in [0.15, 0.2) is 47.6 Å². The highest BCUT2D eigenvalue weighted by molar-refractivity contribution is 6.35. The van der Waals surface area contributed by atoms with Crippen molar-refractivity contribution in [3.05, 3.63) is 59.2 Å². The molecule has 0 aliphatic rings. The van der Waals surface area contributed by atoms with Gasteiger partial charge < -0.3 is 19.9 Å². The summed E-state index contributed by atoms with van der Waals surface area (Å²) in [6.45, 7) is 2.24. The summed E-state index contributed by atoms with van der Waals surface area (Å²) in [6.07, 6.45) is 1.23. The number of nitrogens with one attached hydrogen (secondary N) is 2. The molecule has 152 valence electrons. The molecule has 29 heavy (non-hydrogen) atoms. The number of methoxy groups -OCH3 is 1. The number of rotatable bonds is 8. The molecule has 0 aliphatic heterocycles. The van der Waals surface area contributed by atoms with E-state index in [4.69, 9.17) is 9.47 Å². The highest BCUT2D eigenvalue weighted by atomic mass is 16.5. The van der Waals surface area contributed by atoms with Crippen LogP contribution in [0.3, 0.4) is 0 Å². The SMILES string of the molecule is CCOc1ccc(/C=N\NC(=O)C(=O)NCc2ccc(OC)cc2)cc1C(=O)O. The third kappa shape index (κ3) is 6.35. The molecular formula is C20H21N3O6. The number of carbonyl (C=O) groups excluding carboxylic acids is 2. The Bertz CT molecular complexity index is 909. The average Bonchev–Trinajstić information content (AvgIpc) is 2.73. The van der Waals surface area contributed by atoms with Crippen LogP contribution in [0, 0.1) is 0 Å². The number of amides is 2. The Morgan fingerprint density at radius 2 is 1.83 bits per heavy atom. The van der Waals surface area contributed by atoms with Crippen molar-refractivity contribution in [1.82, 2.24) is 10.7 Å². The fourth-order valence-corrected chi connectivity index (χ4v) is 2.30. The van der Waals surface area contributed by atoms with Gasteiger partial charge >= 0.3 is 17.8 Å². The first-order chi connectivity index (χ1) is 13.9. The molecule has 0 unspecified atom stereocenters. The highest BCUT2D eigenvalue weighted by Crippen LogP contribution is 2.19. The number of carbonyl (C=O) groups is 3. The van der Waals surface area contributed by atoms with Crippen molar-refractivity contribution in [1.29, 1.82) is 0 Å². The summed E-state index contributed by atoms with van der Waals surface area (Å²) in [6, 6.07) is 11.5. The van der Waals surface area contributed by atoms with Crippen LogP contribution in [0.25, 0.3) is 0 Å². The van der Waals surface area contributed by atoms with Crippen molar-refractivity contribution in [3.63, 3.8) is 0 Å². The average molecular weight is 399 g/mol. The Balaban J connectivity index is 1.90. The minimum Gasteiger partial charge on any atom is -0.497 e. The highest BCUT2D eigenvalue weighted by Gasteiger charge is 2.13. The molecule has 0 aliphatic carbocycles. The van der Waals surface area contributed by atoms with Gasteiger partial charge in [0, 0.05) is 6.54 Å². The molecule has 0 spiro atoms. The molecule has 0 saturated heterocycles. The quantitative estimate of drug-likeness (QED) is 0.351. The second kappa shape index (κ2) is 10.5. The number of ether oxygens (including phenoxy) is 2. The van der Waals surface area contributed by atoms with Gasteiger partial charge in [0.2, 0.25) is 0 Å². The van der Waals surface area contributed by atoms with E-state index in [2.05, 4.69) is 15.8 Å². The third-order valence-electron chi connectivity index (χ3n) is 3.73. The Hall–Kier alpha value is -3.88. The fourth-order valence-electron chi connectivity index (χ4n) is 2.30. The van der Waals surface area contributed by atoms with Gasteiger partial charge in [0.15, 0.2) is 0 Å². The van der Waals surface area contributed by atoms with E-state index in [1.54, 1.807) is 44.4 Å². The first kappa shape index (κ1) is 21.4. The zero-order chi connectivity index (χ0) is 21.2. The molecule has 0 atom stereocenters. The lowest BCUT2D eigenvalue weighted by atomic mass is 10.1. The minimum absolute atomic E-state index is 0.0284. The maximum atomic E-state index is 11.8. The number of hydrazone groups is 1. The van der Waals surface area contributed by atoms with E-state index in [0.717, 1.165) is 5.56 Å². The van der Waals surface area contributed by atoms with E-state index < -0.39 is 17.8 Å². The predicted molar refractivity (Wildman–Crippen MR) is 105 cm³/mol. The van der Waals surface area contributed by atoms with Crippen LogP contribution in [0.2, 0.25) is 0 Å². The van der Waals surface area contributed by atoms with Crippen molar-refractivity contribution < 1.29 is 29.0 Å². The van der Waals surface area contributed by atoms with E-state index in [1.165, 1.54) is 18.3 Å². The molecular weight excluding hydrogens is 378 g/mol. The van der Waals surface area contributed by atoms with Crippen molar-refractivity contribution in [2.24, 2.45) is 5.10 Å². The first-order valence-corrected chi connectivity index (χ1v) is 8.69. The van der Waals surface area contributed by atoms with Crippen molar-refractivity contribution in [2.75, 3.05) is 13.7 Å². The molecule has 2 rings (SSSR count). The van der Waals surface area contributed by atoms with E-state index >= 15 is 0 Å². The third-order valence-corrected chi connectivity index (χ3v) is 3.73. The number of hydrogen-bond acceptors (Lipinski definition) is 6. The number of hydrogen-bond donors (Lipinski definition) is 3. The van der Waals surface area contributed by atoms with Gasteiger partial charge in [0.05, 0.1) is 19.9 Å². The van der Waals surface area contributed by atoms with Crippen LogP contribution in [0.5, 0.6) is 11.5 Å². The summed E-state index contributed by atoms with van der Waals surface area (Å²) in [5, 5.41) is 15.4. The summed E-state index contributed by atoms with van der Waals surface area (Å²) in [5.41, 5.74) is 3.28. The van der Waals surface area contributed by atoms with E-state index in [-0.39, 0.29) is 17.9 Å². The summed E-state index contributed by atoms with van der Waals surface area (Å²) in [4.78, 5) is 34.9. The molecule has 0 heterocycles. The zero-order valence-electron chi connectivity index (χ0n) is 16.0. The van der Waals surface area contributed by atoms with Gasteiger partial charge in [0.1, 0.15) is 17.1 Å². The van der Waals surface area contributed by atoms with Gasteiger partial charge in [-0.05, 0) is 48.4 Å². The molecule has 0 radical (unpaired) electrons. The topological polar surface area (TPSA) is 126 Å². The minimum atomic E-state index is -1.15. The van der Waals surface area contributed by atoms with Gasteiger partial charge in [-0.25, -0.2) is 10.2 Å². The molecule has 9 heteroatoms. The van der Waals surface area contributed by atoms with E-state index in [9.17, 15) is 19.5 Å². The van der Waals surface area contributed by atoms with Gasteiger partial charge in [-0.3, -0.25) is 9.59 Å². The Morgan fingerprint density at radius 3 is 2.45 bits per heavy atom. The number of carboxylic acids is 1. The van der Waals surface area contributed by atoms with Crippen molar-refractivity contribution in [3.8, 4) is 11.5 Å². The second-order valence-corrected chi connectivity index (χ2v) is 5.72. The lowest BCUT2D eigenvalue weighted by molar-refractivity contribution is -0.139. The summed E-state index contributed by atoms with van der Waals surface area (Å²) < 4.78 is 10.3. The smallest absolute Gasteiger partial charge is 0.339 e. The Labute approximate surface area is 167 Å². The number of carboxylic acid groups (broad SMARTS) is 1. The van der Waals surface area contributed by atoms with Crippen LogP contribution < -0.4 is 20.2 Å². The second-order valence-electron chi connectivity index (χ2n) is 5.72. The molecule has 2 amide bonds. The normalized spacial score (nSPS) is 10.4. The Kier molecular flexibility index (Phi) is 7.72. The van der Waals surface area contributed by atoms with Crippen molar-refractivity contribution >= 4 is 24.0 Å². The number of aromatic carboxylic acids is 1. The molecule has 0 aromatic heterocycles. The summed E-state index contributed by atoms with van der Waals surface area (Å²) >= 11 is 0. The van der Waals surface area contributed by atoms with Crippen LogP contribution in [0.1, 0.15) is 28.4 Å². The molecule has 0 bridgehead atoms. The van der Waals surface area contributed by atoms with Crippen molar-refractivity contribution in [2.45, 2.75) is 13.5 Å². The van der Waals surface area contributed by atoms with Crippen LogP contribution in [0.4, 0.5) is 0 Å². The fraction of sp³-hybridized carbons (Fsp3) is 0.200. The summed E-state index contributed by atoms with van der Waals surface area (Å²) in [5.74, 6) is -2.02. The Morgan fingerprint density at radius 1 is 1.10 bits per heavy atom. The van der Waals surface area contributed by atoms with Gasteiger partial charge in [-0.1, -0.05) is 12.1 Å². The summed E-state index contributed by atoms with van der Waals surface area (Å²) in [7, 11) is 1.55. The molecule has 2 aromatic rings. The number of benzene rings is 2. The van der Waals surface area contributed by atoms with E-state index in [1.807, 2.05) is 0 Å². The van der Waals surface area contributed by atoms with Crippen LogP contribution in [-0.4, -0.2) is 42.8 Å². The maximum absolute atomic E-state index is 11.8. The molecule has 3 N–H and O–H groups in total. The van der Waals surface area contributed by atoms with Gasteiger partial charge in [-0.15, -0.1) is 0 Å². The lowest BCUT2D eigenvalue weighted by Crippen LogP contribution is -2.37. The van der Waals surface area contributed by atoms with Gasteiger partial charge in [0.25, 0.3) is 0 Å². The standard InChI is InChI=1S/C20H21N3O6/c1-3-29-17-9-6-14(10-16(17)20(26)27)12-22-23-19(25)18(24)21-11-13-4-7-15(28-2)8-5-13/h4-10,12H,3,11H2,1-2H3,(H,21,24)(H,23,25)(H,26,27)/b22-12-.